The van der Waals surface area contributed by atoms with E-state index in [4.69, 9.17) is 0 Å². The van der Waals surface area contributed by atoms with E-state index in [0.29, 0.717) is 5.41 Å². The van der Waals surface area contributed by atoms with Crippen molar-refractivity contribution in [2.45, 2.75) is 65.8 Å². The molecule has 0 saturated carbocycles. The minimum absolute atomic E-state index is 0.501. The number of rotatable bonds is 3. The van der Waals surface area contributed by atoms with Crippen LogP contribution in [0.3, 0.4) is 0 Å². The molecule has 1 saturated heterocycles. The largest absolute Gasteiger partial charge is 0.314 e. The molecule has 0 amide bonds. The highest BCUT2D eigenvalue weighted by atomic mass is 14.9. The molecule has 0 spiro atoms. The van der Waals surface area contributed by atoms with Crippen molar-refractivity contribution in [1.82, 2.24) is 5.32 Å². The fraction of sp³-hybridized carbons (Fsp3) is 1.00. The molecular weight excluding hydrogens is 170 g/mol. The van der Waals surface area contributed by atoms with Crippen molar-refractivity contribution in [3.05, 3.63) is 0 Å². The molecule has 14 heavy (non-hydrogen) atoms. The van der Waals surface area contributed by atoms with Gasteiger partial charge in [0.1, 0.15) is 0 Å². The molecule has 2 unspecified atom stereocenters. The quantitative estimate of drug-likeness (QED) is 0.729. The highest BCUT2D eigenvalue weighted by molar-refractivity contribution is 4.79. The van der Waals surface area contributed by atoms with Crippen LogP contribution in [0.5, 0.6) is 0 Å². The molecule has 0 aromatic carbocycles. The van der Waals surface area contributed by atoms with Crippen LogP contribution < -0.4 is 5.32 Å². The third kappa shape index (κ3) is 4.45. The van der Waals surface area contributed by atoms with Gasteiger partial charge in [-0.2, -0.15) is 0 Å². The van der Waals surface area contributed by atoms with Crippen molar-refractivity contribution in [1.29, 1.82) is 0 Å². The van der Waals surface area contributed by atoms with Crippen LogP contribution in [0.4, 0.5) is 0 Å². The maximum Gasteiger partial charge on any atom is 0.00699 e. The molecule has 0 aliphatic carbocycles. The summed E-state index contributed by atoms with van der Waals surface area (Å²) in [7, 11) is 0. The standard InChI is InChI=1S/C13H27N/c1-5-11-7-9-14-12(10-11)6-8-13(2,3)4/h11-12,14H,5-10H2,1-4H3. The Balaban J connectivity index is 2.24. The molecule has 0 bridgehead atoms. The molecule has 1 aliphatic rings. The van der Waals surface area contributed by atoms with Gasteiger partial charge in [-0.25, -0.2) is 0 Å². The predicted octanol–water partition coefficient (Wildman–Crippen LogP) is 3.59. The van der Waals surface area contributed by atoms with Crippen LogP contribution in [-0.2, 0) is 0 Å². The Morgan fingerprint density at radius 1 is 1.29 bits per heavy atom. The second kappa shape index (κ2) is 5.16. The van der Waals surface area contributed by atoms with E-state index in [1.165, 1.54) is 38.6 Å². The van der Waals surface area contributed by atoms with Crippen molar-refractivity contribution >= 4 is 0 Å². The third-order valence-corrected chi connectivity index (χ3v) is 3.42. The SMILES string of the molecule is CCC1CCNC(CCC(C)(C)C)C1. The van der Waals surface area contributed by atoms with Gasteiger partial charge in [0.05, 0.1) is 0 Å². The molecular formula is C13H27N. The molecule has 1 heterocycles. The Kier molecular flexibility index (Phi) is 4.43. The zero-order valence-electron chi connectivity index (χ0n) is 10.4. The smallest absolute Gasteiger partial charge is 0.00699 e. The first-order valence-electron chi connectivity index (χ1n) is 6.24. The Morgan fingerprint density at radius 2 is 2.00 bits per heavy atom. The molecule has 1 nitrogen and oxygen atoms in total. The first kappa shape index (κ1) is 12.0. The van der Waals surface area contributed by atoms with E-state index in [-0.39, 0.29) is 0 Å². The van der Waals surface area contributed by atoms with Gasteiger partial charge in [0.15, 0.2) is 0 Å². The van der Waals surface area contributed by atoms with Crippen LogP contribution in [0.15, 0.2) is 0 Å². The van der Waals surface area contributed by atoms with E-state index in [9.17, 15) is 0 Å². The number of hydrogen-bond acceptors (Lipinski definition) is 1. The highest BCUT2D eigenvalue weighted by Crippen LogP contribution is 2.26. The van der Waals surface area contributed by atoms with Crippen LogP contribution >= 0.6 is 0 Å². The first-order valence-corrected chi connectivity index (χ1v) is 6.24. The summed E-state index contributed by atoms with van der Waals surface area (Å²) in [6.45, 7) is 10.6. The van der Waals surface area contributed by atoms with Gasteiger partial charge in [0, 0.05) is 6.04 Å². The van der Waals surface area contributed by atoms with Gasteiger partial charge >= 0.3 is 0 Å². The van der Waals surface area contributed by atoms with Gasteiger partial charge in [0.2, 0.25) is 0 Å². The summed E-state index contributed by atoms with van der Waals surface area (Å²) < 4.78 is 0. The van der Waals surface area contributed by atoms with E-state index in [2.05, 4.69) is 33.0 Å². The van der Waals surface area contributed by atoms with Gasteiger partial charge in [-0.1, -0.05) is 34.1 Å². The number of hydrogen-bond donors (Lipinski definition) is 1. The van der Waals surface area contributed by atoms with Crippen molar-refractivity contribution < 1.29 is 0 Å². The molecule has 1 fully saturated rings. The second-order valence-corrected chi connectivity index (χ2v) is 6.05. The van der Waals surface area contributed by atoms with E-state index in [1.54, 1.807) is 0 Å². The average Bonchev–Trinajstić information content (AvgIpc) is 2.14. The van der Waals surface area contributed by atoms with Gasteiger partial charge in [0.25, 0.3) is 0 Å². The van der Waals surface area contributed by atoms with Crippen LogP contribution in [0.2, 0.25) is 0 Å². The Morgan fingerprint density at radius 3 is 2.57 bits per heavy atom. The zero-order valence-corrected chi connectivity index (χ0v) is 10.4. The van der Waals surface area contributed by atoms with Gasteiger partial charge in [-0.3, -0.25) is 0 Å². The maximum atomic E-state index is 3.66. The summed E-state index contributed by atoms with van der Waals surface area (Å²) in [6.07, 6.45) is 6.88. The Labute approximate surface area is 89.7 Å². The van der Waals surface area contributed by atoms with Gasteiger partial charge < -0.3 is 5.32 Å². The molecule has 1 aliphatic heterocycles. The van der Waals surface area contributed by atoms with Crippen LogP contribution in [0.1, 0.15) is 59.8 Å². The van der Waals surface area contributed by atoms with Crippen molar-refractivity contribution in [2.24, 2.45) is 11.3 Å². The van der Waals surface area contributed by atoms with Crippen molar-refractivity contribution in [3.63, 3.8) is 0 Å². The molecule has 0 aromatic rings. The molecule has 2 atom stereocenters. The average molecular weight is 197 g/mol. The van der Waals surface area contributed by atoms with E-state index in [1.807, 2.05) is 0 Å². The molecule has 1 N–H and O–H groups in total. The lowest BCUT2D eigenvalue weighted by Crippen LogP contribution is -2.38. The predicted molar refractivity (Wildman–Crippen MR) is 63.5 cm³/mol. The molecule has 1 rings (SSSR count). The first-order chi connectivity index (χ1) is 6.51. The fourth-order valence-corrected chi connectivity index (χ4v) is 2.29. The van der Waals surface area contributed by atoms with Crippen LogP contribution in [-0.4, -0.2) is 12.6 Å². The zero-order chi connectivity index (χ0) is 10.6. The Bertz CT molecular complexity index is 157. The maximum absolute atomic E-state index is 3.66. The molecule has 84 valence electrons. The summed E-state index contributed by atoms with van der Waals surface area (Å²) in [5.74, 6) is 0.987. The van der Waals surface area contributed by atoms with Crippen LogP contribution in [0.25, 0.3) is 0 Å². The molecule has 0 radical (unpaired) electrons. The van der Waals surface area contributed by atoms with Crippen molar-refractivity contribution in [2.75, 3.05) is 6.54 Å². The lowest BCUT2D eigenvalue weighted by atomic mass is 9.83. The number of piperidine rings is 1. The van der Waals surface area contributed by atoms with E-state index >= 15 is 0 Å². The lowest BCUT2D eigenvalue weighted by molar-refractivity contribution is 0.253. The summed E-state index contributed by atoms with van der Waals surface area (Å²) in [5.41, 5.74) is 0.501. The summed E-state index contributed by atoms with van der Waals surface area (Å²) in [4.78, 5) is 0. The van der Waals surface area contributed by atoms with Crippen molar-refractivity contribution in [3.8, 4) is 0 Å². The summed E-state index contributed by atoms with van der Waals surface area (Å²) >= 11 is 0. The highest BCUT2D eigenvalue weighted by Gasteiger charge is 2.21. The normalized spacial score (nSPS) is 29.1. The molecule has 1 heteroatoms. The van der Waals surface area contributed by atoms with Gasteiger partial charge in [-0.15, -0.1) is 0 Å². The fourth-order valence-electron chi connectivity index (χ4n) is 2.29. The third-order valence-electron chi connectivity index (χ3n) is 3.42. The Hall–Kier alpha value is -0.0400. The molecule has 0 aromatic heterocycles. The second-order valence-electron chi connectivity index (χ2n) is 6.05. The lowest BCUT2D eigenvalue weighted by Gasteiger charge is -2.31. The number of nitrogens with one attached hydrogen (secondary N) is 1. The van der Waals surface area contributed by atoms with E-state index < -0.39 is 0 Å². The minimum atomic E-state index is 0.501. The summed E-state index contributed by atoms with van der Waals surface area (Å²) in [6, 6.07) is 0.799. The van der Waals surface area contributed by atoms with E-state index in [0.717, 1.165) is 12.0 Å². The summed E-state index contributed by atoms with van der Waals surface area (Å²) in [5, 5.41) is 3.66. The van der Waals surface area contributed by atoms with Crippen LogP contribution in [0, 0.1) is 11.3 Å². The van der Waals surface area contributed by atoms with Gasteiger partial charge in [-0.05, 0) is 43.6 Å². The topological polar surface area (TPSA) is 12.0 Å². The minimum Gasteiger partial charge on any atom is -0.314 e. The monoisotopic (exact) mass is 197 g/mol.